The summed E-state index contributed by atoms with van der Waals surface area (Å²) in [5.41, 5.74) is 0. The second-order valence-corrected chi connectivity index (χ2v) is 3.01. The van der Waals surface area contributed by atoms with E-state index in [0.29, 0.717) is 0 Å². The van der Waals surface area contributed by atoms with Gasteiger partial charge in [-0.15, -0.1) is 0 Å². The second-order valence-electron chi connectivity index (χ2n) is 3.01. The highest BCUT2D eigenvalue weighted by Gasteiger charge is 2.17. The Hall–Kier alpha value is -0.370. The molecule has 0 aromatic heterocycles. The van der Waals surface area contributed by atoms with Gasteiger partial charge in [0.15, 0.2) is 0 Å². The Labute approximate surface area is 62.2 Å². The van der Waals surface area contributed by atoms with Crippen molar-refractivity contribution in [2.75, 3.05) is 6.61 Å². The minimum absolute atomic E-state index is 0.0575. The first kappa shape index (κ1) is 9.63. The number of hydrogen-bond donors (Lipinski definition) is 1. The molecule has 0 aliphatic heterocycles. The summed E-state index contributed by atoms with van der Waals surface area (Å²) in [5.74, 6) is 0.560. The number of hydrogen-bond acceptors (Lipinski definition) is 2. The zero-order valence-electron chi connectivity index (χ0n) is 6.87. The van der Waals surface area contributed by atoms with Crippen LogP contribution < -0.4 is 0 Å². The van der Waals surface area contributed by atoms with Gasteiger partial charge in [0, 0.05) is 12.5 Å². The average Bonchev–Trinajstić information content (AvgIpc) is 2.00. The Morgan fingerprint density at radius 1 is 1.40 bits per heavy atom. The van der Waals surface area contributed by atoms with Crippen molar-refractivity contribution in [3.05, 3.63) is 0 Å². The summed E-state index contributed by atoms with van der Waals surface area (Å²) in [4.78, 5) is 10.3. The van der Waals surface area contributed by atoms with E-state index in [0.717, 1.165) is 6.29 Å². The van der Waals surface area contributed by atoms with E-state index in [9.17, 15) is 4.79 Å². The summed E-state index contributed by atoms with van der Waals surface area (Å²) in [5, 5.41) is 8.73. The van der Waals surface area contributed by atoms with Crippen molar-refractivity contribution in [3.63, 3.8) is 0 Å². The van der Waals surface area contributed by atoms with Crippen LogP contribution in [0.3, 0.4) is 0 Å². The average molecular weight is 144 g/mol. The Bertz CT molecular complexity index is 101. The molecule has 0 saturated carbocycles. The molecule has 0 aromatic carbocycles. The molecule has 0 radical (unpaired) electrons. The summed E-state index contributed by atoms with van der Waals surface area (Å²) in [6.07, 6.45) is 0.941. The highest BCUT2D eigenvalue weighted by Crippen LogP contribution is 2.17. The topological polar surface area (TPSA) is 37.3 Å². The number of aliphatic hydroxyl groups is 1. The molecule has 0 unspecified atom stereocenters. The maximum absolute atomic E-state index is 10.3. The van der Waals surface area contributed by atoms with E-state index in [1.54, 1.807) is 0 Å². The molecule has 0 aliphatic carbocycles. The molecule has 0 saturated heterocycles. The van der Waals surface area contributed by atoms with Crippen molar-refractivity contribution in [3.8, 4) is 0 Å². The fraction of sp³-hybridized carbons (Fsp3) is 0.875. The van der Waals surface area contributed by atoms with Crippen LogP contribution in [0.2, 0.25) is 0 Å². The van der Waals surface area contributed by atoms with Crippen molar-refractivity contribution in [1.29, 1.82) is 0 Å². The third kappa shape index (κ3) is 2.48. The van der Waals surface area contributed by atoms with Gasteiger partial charge in [0.05, 0.1) is 0 Å². The van der Waals surface area contributed by atoms with E-state index in [1.165, 1.54) is 0 Å². The van der Waals surface area contributed by atoms with Crippen LogP contribution in [0.1, 0.15) is 20.8 Å². The van der Waals surface area contributed by atoms with E-state index < -0.39 is 0 Å². The van der Waals surface area contributed by atoms with Gasteiger partial charge in [-0.3, -0.25) is 0 Å². The van der Waals surface area contributed by atoms with Crippen LogP contribution in [-0.2, 0) is 4.79 Å². The highest BCUT2D eigenvalue weighted by atomic mass is 16.3. The van der Waals surface area contributed by atoms with Crippen molar-refractivity contribution < 1.29 is 9.90 Å². The molecular formula is C8H16O2. The highest BCUT2D eigenvalue weighted by molar-refractivity contribution is 5.53. The summed E-state index contributed by atoms with van der Waals surface area (Å²) < 4.78 is 0. The molecule has 60 valence electrons. The van der Waals surface area contributed by atoms with Crippen molar-refractivity contribution in [1.82, 2.24) is 0 Å². The largest absolute Gasteiger partial charge is 0.396 e. The summed E-state index contributed by atoms with van der Waals surface area (Å²) in [7, 11) is 0. The van der Waals surface area contributed by atoms with Gasteiger partial charge in [0.25, 0.3) is 0 Å². The lowest BCUT2D eigenvalue weighted by molar-refractivity contribution is -0.112. The maximum Gasteiger partial charge on any atom is 0.123 e. The number of carbonyl (C=O) groups is 1. The van der Waals surface area contributed by atoms with E-state index in [4.69, 9.17) is 5.11 Å². The Morgan fingerprint density at radius 3 is 2.20 bits per heavy atom. The van der Waals surface area contributed by atoms with Crippen LogP contribution in [0.25, 0.3) is 0 Å². The summed E-state index contributed by atoms with van der Waals surface area (Å²) in [6, 6.07) is 0. The van der Waals surface area contributed by atoms with Crippen LogP contribution in [-0.4, -0.2) is 18.0 Å². The maximum atomic E-state index is 10.3. The summed E-state index contributed by atoms with van der Waals surface area (Å²) in [6.45, 7) is 5.98. The SMILES string of the molecule is C[C@@H]([C@H](C)C=O)[C@H](C)CO. The van der Waals surface area contributed by atoms with Gasteiger partial charge >= 0.3 is 0 Å². The number of aldehydes is 1. The zero-order valence-corrected chi connectivity index (χ0v) is 6.87. The number of carbonyl (C=O) groups excluding carboxylic acids is 1. The minimum Gasteiger partial charge on any atom is -0.396 e. The first-order chi connectivity index (χ1) is 4.63. The van der Waals surface area contributed by atoms with E-state index in [2.05, 4.69) is 0 Å². The lowest BCUT2D eigenvalue weighted by atomic mass is 9.86. The lowest BCUT2D eigenvalue weighted by Crippen LogP contribution is -2.20. The van der Waals surface area contributed by atoms with Crippen LogP contribution in [0.4, 0.5) is 0 Å². The molecule has 0 aromatic rings. The summed E-state index contributed by atoms with van der Waals surface area (Å²) >= 11 is 0. The van der Waals surface area contributed by atoms with Gasteiger partial charge in [-0.25, -0.2) is 0 Å². The fourth-order valence-electron chi connectivity index (χ4n) is 0.808. The van der Waals surface area contributed by atoms with Crippen molar-refractivity contribution in [2.24, 2.45) is 17.8 Å². The first-order valence-electron chi connectivity index (χ1n) is 3.69. The molecule has 0 heterocycles. The van der Waals surface area contributed by atoms with E-state index in [-0.39, 0.29) is 24.4 Å². The molecule has 2 heteroatoms. The third-order valence-corrected chi connectivity index (χ3v) is 2.23. The zero-order chi connectivity index (χ0) is 8.15. The predicted octanol–water partition coefficient (Wildman–Crippen LogP) is 1.09. The molecule has 0 amide bonds. The predicted molar refractivity (Wildman–Crippen MR) is 40.6 cm³/mol. The quantitative estimate of drug-likeness (QED) is 0.599. The number of aliphatic hydroxyl groups excluding tert-OH is 1. The Morgan fingerprint density at radius 2 is 1.90 bits per heavy atom. The van der Waals surface area contributed by atoms with Gasteiger partial charge in [-0.05, 0) is 11.8 Å². The standard InChI is InChI=1S/C8H16O2/c1-6(4-9)8(3)7(2)5-10/h4,6-8,10H,5H2,1-3H3/t6-,7-,8+/m1/s1. The molecule has 2 nitrogen and oxygen atoms in total. The molecule has 3 atom stereocenters. The van der Waals surface area contributed by atoms with E-state index >= 15 is 0 Å². The molecule has 0 fully saturated rings. The fourth-order valence-corrected chi connectivity index (χ4v) is 0.808. The lowest BCUT2D eigenvalue weighted by Gasteiger charge is -2.19. The Kier molecular flexibility index (Phi) is 4.28. The molecule has 0 rings (SSSR count). The van der Waals surface area contributed by atoms with Crippen LogP contribution in [0.15, 0.2) is 0 Å². The molecule has 10 heavy (non-hydrogen) atoms. The Balaban J connectivity index is 3.80. The molecule has 0 bridgehead atoms. The van der Waals surface area contributed by atoms with Crippen LogP contribution in [0, 0.1) is 17.8 Å². The molecule has 0 aliphatic rings. The van der Waals surface area contributed by atoms with Gasteiger partial charge in [0.2, 0.25) is 0 Å². The van der Waals surface area contributed by atoms with Gasteiger partial charge < -0.3 is 9.90 Å². The van der Waals surface area contributed by atoms with Crippen molar-refractivity contribution >= 4 is 6.29 Å². The molecule has 1 N–H and O–H groups in total. The van der Waals surface area contributed by atoms with Crippen LogP contribution >= 0.6 is 0 Å². The normalized spacial score (nSPS) is 19.6. The van der Waals surface area contributed by atoms with Crippen LogP contribution in [0.5, 0.6) is 0 Å². The molecule has 0 spiro atoms. The third-order valence-electron chi connectivity index (χ3n) is 2.23. The first-order valence-corrected chi connectivity index (χ1v) is 3.69. The smallest absolute Gasteiger partial charge is 0.123 e. The molecular weight excluding hydrogens is 128 g/mol. The van der Waals surface area contributed by atoms with Gasteiger partial charge in [0.1, 0.15) is 6.29 Å². The van der Waals surface area contributed by atoms with Crippen molar-refractivity contribution in [2.45, 2.75) is 20.8 Å². The van der Waals surface area contributed by atoms with Gasteiger partial charge in [-0.1, -0.05) is 20.8 Å². The number of rotatable bonds is 4. The monoisotopic (exact) mass is 144 g/mol. The van der Waals surface area contributed by atoms with E-state index in [1.807, 2.05) is 20.8 Å². The minimum atomic E-state index is 0.0575. The second kappa shape index (κ2) is 4.45. The van der Waals surface area contributed by atoms with Gasteiger partial charge in [-0.2, -0.15) is 0 Å².